The van der Waals surface area contributed by atoms with E-state index in [4.69, 9.17) is 4.74 Å². The number of aromatic nitrogens is 4. The highest BCUT2D eigenvalue weighted by Gasteiger charge is 2.37. The Morgan fingerprint density at radius 2 is 2.29 bits per heavy atom. The number of imidazole rings is 1. The molecule has 2 N–H and O–H groups in total. The van der Waals surface area contributed by atoms with Gasteiger partial charge in [-0.2, -0.15) is 0 Å². The molecule has 128 valence electrons. The summed E-state index contributed by atoms with van der Waals surface area (Å²) < 4.78 is 7.80. The van der Waals surface area contributed by atoms with Gasteiger partial charge in [-0.15, -0.1) is 0 Å². The second kappa shape index (κ2) is 6.35. The van der Waals surface area contributed by atoms with Gasteiger partial charge in [0.15, 0.2) is 11.5 Å². The van der Waals surface area contributed by atoms with Gasteiger partial charge in [-0.05, 0) is 26.2 Å². The van der Waals surface area contributed by atoms with Crippen LogP contribution in [0.3, 0.4) is 0 Å². The first-order valence-corrected chi connectivity index (χ1v) is 8.59. The summed E-state index contributed by atoms with van der Waals surface area (Å²) in [5, 5.41) is 6.58. The molecule has 8 nitrogen and oxygen atoms in total. The molecule has 2 fully saturated rings. The molecule has 1 amide bonds. The van der Waals surface area contributed by atoms with Crippen LogP contribution in [0.2, 0.25) is 0 Å². The van der Waals surface area contributed by atoms with Crippen LogP contribution in [0.4, 0.5) is 5.82 Å². The van der Waals surface area contributed by atoms with E-state index in [1.807, 2.05) is 4.57 Å². The number of aryl methyl sites for hydroxylation is 1. The van der Waals surface area contributed by atoms with E-state index in [0.717, 1.165) is 49.4 Å². The number of rotatable bonds is 4. The molecule has 2 aliphatic rings. The van der Waals surface area contributed by atoms with E-state index in [1.165, 1.54) is 0 Å². The van der Waals surface area contributed by atoms with Crippen LogP contribution in [-0.2, 0) is 16.1 Å². The SMILES string of the molecule is CCn1cnc2c(N[C@H]3CCC(=O)N[C@@H]3C3CCCO3)ncnc21. The van der Waals surface area contributed by atoms with Crippen LogP contribution in [0.1, 0.15) is 32.6 Å². The predicted octanol–water partition coefficient (Wildman–Crippen LogP) is 1.08. The number of amides is 1. The molecule has 2 saturated heterocycles. The molecule has 0 aliphatic carbocycles. The average molecular weight is 330 g/mol. The predicted molar refractivity (Wildman–Crippen MR) is 88.5 cm³/mol. The number of ether oxygens (including phenoxy) is 1. The van der Waals surface area contributed by atoms with Crippen LogP contribution in [-0.4, -0.2) is 50.2 Å². The van der Waals surface area contributed by atoms with Crippen LogP contribution >= 0.6 is 0 Å². The summed E-state index contributed by atoms with van der Waals surface area (Å²) in [4.78, 5) is 25.0. The van der Waals surface area contributed by atoms with Gasteiger partial charge in [-0.1, -0.05) is 0 Å². The number of nitrogens with zero attached hydrogens (tertiary/aromatic N) is 4. The van der Waals surface area contributed by atoms with Gasteiger partial charge >= 0.3 is 0 Å². The van der Waals surface area contributed by atoms with Gasteiger partial charge in [0, 0.05) is 19.6 Å². The smallest absolute Gasteiger partial charge is 0.220 e. The zero-order valence-electron chi connectivity index (χ0n) is 13.7. The number of hydrogen-bond donors (Lipinski definition) is 2. The molecule has 0 spiro atoms. The first kappa shape index (κ1) is 15.3. The normalized spacial score (nSPS) is 27.4. The minimum absolute atomic E-state index is 0.0352. The van der Waals surface area contributed by atoms with Crippen molar-refractivity contribution in [2.75, 3.05) is 11.9 Å². The van der Waals surface area contributed by atoms with Crippen LogP contribution in [0.25, 0.3) is 11.2 Å². The third-order valence-corrected chi connectivity index (χ3v) is 4.87. The number of carbonyl (C=O) groups excluding carboxylic acids is 1. The van der Waals surface area contributed by atoms with Gasteiger partial charge < -0.3 is 19.9 Å². The van der Waals surface area contributed by atoms with E-state index < -0.39 is 0 Å². The second-order valence-corrected chi connectivity index (χ2v) is 6.36. The van der Waals surface area contributed by atoms with Gasteiger partial charge in [0.05, 0.1) is 24.5 Å². The third-order valence-electron chi connectivity index (χ3n) is 4.87. The second-order valence-electron chi connectivity index (χ2n) is 6.36. The Kier molecular flexibility index (Phi) is 4.05. The standard InChI is InChI=1S/C16H22N6O2/c1-2-22-9-19-14-15(17-8-18-16(14)22)20-10-5-6-12(23)21-13(10)11-4-3-7-24-11/h8-11,13H,2-7H2,1H3,(H,21,23)(H,17,18,20)/t10-,11?,13-/m0/s1. The molecule has 1 unspecified atom stereocenters. The van der Waals surface area contributed by atoms with Crippen molar-refractivity contribution in [3.05, 3.63) is 12.7 Å². The monoisotopic (exact) mass is 330 g/mol. The minimum atomic E-state index is -0.0352. The molecule has 4 heterocycles. The summed E-state index contributed by atoms with van der Waals surface area (Å²) in [6, 6.07) is 0.0442. The lowest BCUT2D eigenvalue weighted by Crippen LogP contribution is -2.56. The van der Waals surface area contributed by atoms with Gasteiger partial charge in [0.1, 0.15) is 11.8 Å². The number of carbonyl (C=O) groups is 1. The zero-order valence-corrected chi connectivity index (χ0v) is 13.7. The van der Waals surface area contributed by atoms with Crippen molar-refractivity contribution in [3.63, 3.8) is 0 Å². The Labute approximate surface area is 140 Å². The molecule has 8 heteroatoms. The van der Waals surface area contributed by atoms with Crippen molar-refractivity contribution in [1.29, 1.82) is 0 Å². The average Bonchev–Trinajstić information content (AvgIpc) is 3.26. The summed E-state index contributed by atoms with van der Waals surface area (Å²) >= 11 is 0. The molecule has 3 atom stereocenters. The molecular formula is C16H22N6O2. The van der Waals surface area contributed by atoms with Gasteiger partial charge in [0.25, 0.3) is 0 Å². The van der Waals surface area contributed by atoms with Crippen LogP contribution in [0.5, 0.6) is 0 Å². The molecule has 2 aromatic rings. The van der Waals surface area contributed by atoms with E-state index in [1.54, 1.807) is 12.7 Å². The van der Waals surface area contributed by atoms with Crippen molar-refractivity contribution < 1.29 is 9.53 Å². The van der Waals surface area contributed by atoms with E-state index in [0.29, 0.717) is 6.42 Å². The maximum atomic E-state index is 11.8. The molecule has 0 bridgehead atoms. The van der Waals surface area contributed by atoms with E-state index in [2.05, 4.69) is 32.5 Å². The first-order chi connectivity index (χ1) is 11.8. The Morgan fingerprint density at radius 1 is 1.38 bits per heavy atom. The summed E-state index contributed by atoms with van der Waals surface area (Å²) in [5.74, 6) is 0.813. The minimum Gasteiger partial charge on any atom is -0.376 e. The fourth-order valence-electron chi connectivity index (χ4n) is 3.62. The fraction of sp³-hybridized carbons (Fsp3) is 0.625. The van der Waals surface area contributed by atoms with Crippen molar-refractivity contribution in [1.82, 2.24) is 24.8 Å². The van der Waals surface area contributed by atoms with Gasteiger partial charge in [-0.25, -0.2) is 15.0 Å². The van der Waals surface area contributed by atoms with Crippen molar-refractivity contribution in [3.8, 4) is 0 Å². The van der Waals surface area contributed by atoms with E-state index >= 15 is 0 Å². The summed E-state index contributed by atoms with van der Waals surface area (Å²) in [5.41, 5.74) is 1.59. The fourth-order valence-corrected chi connectivity index (χ4v) is 3.62. The lowest BCUT2D eigenvalue weighted by Gasteiger charge is -2.36. The molecule has 24 heavy (non-hydrogen) atoms. The van der Waals surface area contributed by atoms with Crippen LogP contribution in [0, 0.1) is 0 Å². The van der Waals surface area contributed by atoms with Gasteiger partial charge in [0.2, 0.25) is 5.91 Å². The van der Waals surface area contributed by atoms with Crippen LogP contribution < -0.4 is 10.6 Å². The topological polar surface area (TPSA) is 94.0 Å². The zero-order chi connectivity index (χ0) is 16.5. The quantitative estimate of drug-likeness (QED) is 0.871. The maximum absolute atomic E-state index is 11.8. The summed E-state index contributed by atoms with van der Waals surface area (Å²) in [7, 11) is 0. The largest absolute Gasteiger partial charge is 0.376 e. The summed E-state index contributed by atoms with van der Waals surface area (Å²) in [6.45, 7) is 3.63. The molecule has 2 aromatic heterocycles. The third kappa shape index (κ3) is 2.71. The van der Waals surface area contributed by atoms with Crippen molar-refractivity contribution in [2.24, 2.45) is 0 Å². The lowest BCUT2D eigenvalue weighted by atomic mass is 9.92. The van der Waals surface area contributed by atoms with E-state index in [9.17, 15) is 4.79 Å². The Balaban J connectivity index is 1.61. The maximum Gasteiger partial charge on any atom is 0.220 e. The molecule has 2 aliphatic heterocycles. The number of nitrogens with one attached hydrogen (secondary N) is 2. The van der Waals surface area contributed by atoms with Crippen molar-refractivity contribution in [2.45, 2.75) is 57.3 Å². The number of hydrogen-bond acceptors (Lipinski definition) is 6. The Hall–Kier alpha value is -2.22. The first-order valence-electron chi connectivity index (χ1n) is 8.59. The molecule has 0 aromatic carbocycles. The lowest BCUT2D eigenvalue weighted by molar-refractivity contribution is -0.124. The number of anilines is 1. The van der Waals surface area contributed by atoms with Gasteiger partial charge in [-0.3, -0.25) is 4.79 Å². The Bertz CT molecular complexity index is 739. The summed E-state index contributed by atoms with van der Waals surface area (Å²) in [6.07, 6.45) is 6.70. The molecule has 0 saturated carbocycles. The van der Waals surface area contributed by atoms with Crippen LogP contribution in [0.15, 0.2) is 12.7 Å². The Morgan fingerprint density at radius 3 is 3.08 bits per heavy atom. The van der Waals surface area contributed by atoms with E-state index in [-0.39, 0.29) is 24.1 Å². The molecular weight excluding hydrogens is 308 g/mol. The highest BCUT2D eigenvalue weighted by molar-refractivity contribution is 5.83. The number of piperidine rings is 1. The molecule has 4 rings (SSSR count). The molecule has 0 radical (unpaired) electrons. The number of fused-ring (bicyclic) bond motifs is 1. The highest BCUT2D eigenvalue weighted by atomic mass is 16.5. The van der Waals surface area contributed by atoms with Crippen molar-refractivity contribution >= 4 is 22.9 Å². The highest BCUT2D eigenvalue weighted by Crippen LogP contribution is 2.26.